The summed E-state index contributed by atoms with van der Waals surface area (Å²) in [6.45, 7) is 3.07. The van der Waals surface area contributed by atoms with Gasteiger partial charge in [0.1, 0.15) is 30.2 Å². The third-order valence-corrected chi connectivity index (χ3v) is 8.76. The fourth-order valence-corrected chi connectivity index (χ4v) is 5.58. The number of aromatic amines is 1. The van der Waals surface area contributed by atoms with Crippen LogP contribution in [0.1, 0.15) is 43.5 Å². The monoisotopic (exact) mass is 793 g/mol. The van der Waals surface area contributed by atoms with Crippen molar-refractivity contribution in [2.24, 2.45) is 22.2 Å². The van der Waals surface area contributed by atoms with Crippen LogP contribution in [-0.2, 0) is 48.0 Å². The van der Waals surface area contributed by atoms with Gasteiger partial charge in [0, 0.05) is 43.5 Å². The predicted octanol–water partition coefficient (Wildman–Crippen LogP) is -1.33. The Hall–Kier alpha value is -5.95. The maximum absolute atomic E-state index is 14.2. The van der Waals surface area contributed by atoms with E-state index in [0.717, 1.165) is 0 Å². The molecule has 0 unspecified atom stereocenters. The van der Waals surface area contributed by atoms with Crippen LogP contribution < -0.4 is 43.8 Å². The lowest BCUT2D eigenvalue weighted by Gasteiger charge is -2.28. The SMILES string of the molecule is CC(C)(N)C(=O)N[C@@H](Cc1cnc[nH]1)C(=O)N[C@H](Cc1ccccc1)C(=O)N[C@@H](CCCN=C(N)N)C(=O)N[C@@H](Cc1ccccc1)C(=O)N[C@@H](CS)C(=O)O. The first-order valence-corrected chi connectivity index (χ1v) is 18.5. The van der Waals surface area contributed by atoms with Crippen molar-refractivity contribution >= 4 is 54.1 Å². The molecule has 18 nitrogen and oxygen atoms in total. The van der Waals surface area contributed by atoms with Crippen LogP contribution in [0.3, 0.4) is 0 Å². The Morgan fingerprint density at radius 1 is 0.750 bits per heavy atom. The van der Waals surface area contributed by atoms with Gasteiger partial charge >= 0.3 is 5.97 Å². The molecule has 5 amide bonds. The second kappa shape index (κ2) is 21.8. The van der Waals surface area contributed by atoms with Gasteiger partial charge in [-0.05, 0) is 37.8 Å². The van der Waals surface area contributed by atoms with Gasteiger partial charge < -0.3 is 53.9 Å². The molecular weight excluding hydrogens is 743 g/mol. The van der Waals surface area contributed by atoms with Crippen LogP contribution in [0, 0.1) is 0 Å². The van der Waals surface area contributed by atoms with Crippen LogP contribution in [0.2, 0.25) is 0 Å². The quantitative estimate of drug-likeness (QED) is 0.0245. The van der Waals surface area contributed by atoms with Gasteiger partial charge in [0.25, 0.3) is 0 Å². The summed E-state index contributed by atoms with van der Waals surface area (Å²) >= 11 is 4.02. The molecule has 0 aliphatic heterocycles. The van der Waals surface area contributed by atoms with E-state index in [9.17, 15) is 33.9 Å². The van der Waals surface area contributed by atoms with E-state index in [1.54, 1.807) is 60.7 Å². The Kier molecular flexibility index (Phi) is 17.3. The lowest BCUT2D eigenvalue weighted by Crippen LogP contribution is -2.61. The standard InChI is InChI=1S/C37H51N11O7S/c1-37(2,40)35(55)48-28(18-24-19-41-21-43-24)33(52)46-26(16-22-10-5-3-6-11-22)31(50)44-25(14-9-15-42-36(38)39)30(49)45-27(17-23-12-7-4-8-13-23)32(51)47-29(20-56)34(53)54/h3-8,10-13,19,21,25-29,56H,9,14-18,20,40H2,1-2H3,(H,41,43)(H,44,50)(H,45,49)(H,46,52)(H,47,51)(H,48,55)(H,53,54)(H4,38,39,42)/t25-,26+,27-,28-,29-/m0/s1. The first-order valence-electron chi connectivity index (χ1n) is 17.8. The molecule has 0 bridgehead atoms. The molecule has 19 heteroatoms. The van der Waals surface area contributed by atoms with Crippen molar-refractivity contribution in [3.05, 3.63) is 90.0 Å². The molecule has 2 aromatic carbocycles. The van der Waals surface area contributed by atoms with Crippen LogP contribution >= 0.6 is 12.6 Å². The van der Waals surface area contributed by atoms with Gasteiger partial charge in [-0.25, -0.2) is 9.78 Å². The number of guanidine groups is 1. The van der Waals surface area contributed by atoms with Gasteiger partial charge in [-0.1, -0.05) is 60.7 Å². The smallest absolute Gasteiger partial charge is 0.327 e. The molecule has 0 spiro atoms. The summed E-state index contributed by atoms with van der Waals surface area (Å²) in [5.41, 5.74) is 17.5. The highest BCUT2D eigenvalue weighted by atomic mass is 32.1. The molecule has 0 aliphatic carbocycles. The average Bonchev–Trinajstić information content (AvgIpc) is 3.67. The Morgan fingerprint density at radius 3 is 1.64 bits per heavy atom. The van der Waals surface area contributed by atoms with Crippen LogP contribution in [0.25, 0.3) is 0 Å². The number of nitrogens with two attached hydrogens (primary N) is 3. The maximum Gasteiger partial charge on any atom is 0.327 e. The number of carboxylic acids is 1. The maximum atomic E-state index is 14.2. The predicted molar refractivity (Wildman–Crippen MR) is 212 cm³/mol. The highest BCUT2D eigenvalue weighted by Crippen LogP contribution is 2.10. The lowest BCUT2D eigenvalue weighted by atomic mass is 10.0. The molecule has 0 saturated heterocycles. The summed E-state index contributed by atoms with van der Waals surface area (Å²) in [5, 5.41) is 22.7. The van der Waals surface area contributed by atoms with E-state index in [1.807, 2.05) is 0 Å². The number of H-pyrrole nitrogens is 1. The normalized spacial score (nSPS) is 13.8. The van der Waals surface area contributed by atoms with E-state index < -0.39 is 71.3 Å². The number of carbonyl (C=O) groups excluding carboxylic acids is 5. The molecule has 302 valence electrons. The van der Waals surface area contributed by atoms with E-state index >= 15 is 0 Å². The molecule has 1 heterocycles. The summed E-state index contributed by atoms with van der Waals surface area (Å²) in [7, 11) is 0. The zero-order valence-corrected chi connectivity index (χ0v) is 32.1. The number of carboxylic acid groups (broad SMARTS) is 1. The Balaban J connectivity index is 1.94. The molecule has 3 aromatic rings. The topological polar surface area (TPSA) is 302 Å². The third kappa shape index (κ3) is 15.1. The molecule has 0 fully saturated rings. The molecule has 56 heavy (non-hydrogen) atoms. The molecule has 0 aliphatic rings. The number of nitrogens with one attached hydrogen (secondary N) is 6. The number of nitrogens with zero attached hydrogens (tertiary/aromatic N) is 2. The summed E-state index contributed by atoms with van der Waals surface area (Å²) in [5.74, 6) is -5.32. The summed E-state index contributed by atoms with van der Waals surface area (Å²) < 4.78 is 0. The molecule has 0 saturated carbocycles. The molecular formula is C37H51N11O7S. The van der Waals surface area contributed by atoms with Crippen LogP contribution in [0.15, 0.2) is 78.2 Å². The zero-order valence-electron chi connectivity index (χ0n) is 31.2. The minimum Gasteiger partial charge on any atom is -0.480 e. The van der Waals surface area contributed by atoms with Crippen molar-refractivity contribution in [3.8, 4) is 0 Å². The van der Waals surface area contributed by atoms with Gasteiger partial charge in [0.05, 0.1) is 11.9 Å². The Bertz CT molecular complexity index is 1780. The zero-order chi connectivity index (χ0) is 41.3. The van der Waals surface area contributed by atoms with E-state index in [2.05, 4.69) is 54.2 Å². The number of hydrogen-bond acceptors (Lipinski definition) is 10. The third-order valence-electron chi connectivity index (χ3n) is 8.39. The number of hydrogen-bond donors (Lipinski definition) is 11. The molecule has 3 rings (SSSR count). The number of aromatic nitrogens is 2. The number of aliphatic imine (C=N–C) groups is 1. The van der Waals surface area contributed by atoms with Crippen LogP contribution in [-0.4, -0.2) is 105 Å². The Labute approximate surface area is 330 Å². The highest BCUT2D eigenvalue weighted by molar-refractivity contribution is 7.80. The van der Waals surface area contributed by atoms with E-state index in [0.29, 0.717) is 16.8 Å². The number of rotatable bonds is 22. The number of imidazole rings is 1. The summed E-state index contributed by atoms with van der Waals surface area (Å²) in [6, 6.07) is 11.2. The fourth-order valence-electron chi connectivity index (χ4n) is 5.34. The van der Waals surface area contributed by atoms with Crippen molar-refractivity contribution in [1.82, 2.24) is 36.6 Å². The highest BCUT2D eigenvalue weighted by Gasteiger charge is 2.34. The van der Waals surface area contributed by atoms with Crippen LogP contribution in [0.4, 0.5) is 0 Å². The van der Waals surface area contributed by atoms with Gasteiger partial charge in [-0.2, -0.15) is 12.6 Å². The number of amides is 5. The molecule has 0 radical (unpaired) electrons. The number of carbonyl (C=O) groups is 6. The molecule has 13 N–H and O–H groups in total. The second-order valence-electron chi connectivity index (χ2n) is 13.6. The van der Waals surface area contributed by atoms with Crippen molar-refractivity contribution < 1.29 is 33.9 Å². The number of thiol groups is 1. The minimum absolute atomic E-state index is 0.00148. The number of benzene rings is 2. The average molecular weight is 794 g/mol. The second-order valence-corrected chi connectivity index (χ2v) is 14.0. The fraction of sp³-hybridized carbons (Fsp3) is 0.405. The minimum atomic E-state index is -1.34. The van der Waals surface area contributed by atoms with E-state index in [4.69, 9.17) is 17.2 Å². The lowest BCUT2D eigenvalue weighted by molar-refractivity contribution is -0.141. The summed E-state index contributed by atoms with van der Waals surface area (Å²) in [6.07, 6.45) is 3.10. The van der Waals surface area contributed by atoms with E-state index in [-0.39, 0.29) is 50.4 Å². The Morgan fingerprint density at radius 2 is 1.21 bits per heavy atom. The van der Waals surface area contributed by atoms with Gasteiger partial charge in [-0.15, -0.1) is 0 Å². The first-order chi connectivity index (χ1) is 26.6. The largest absolute Gasteiger partial charge is 0.480 e. The number of aliphatic carboxylic acids is 1. The van der Waals surface area contributed by atoms with Crippen molar-refractivity contribution in [1.29, 1.82) is 0 Å². The van der Waals surface area contributed by atoms with E-state index in [1.165, 1.54) is 26.4 Å². The van der Waals surface area contributed by atoms with Gasteiger partial charge in [0.15, 0.2) is 5.96 Å². The van der Waals surface area contributed by atoms with Crippen LogP contribution in [0.5, 0.6) is 0 Å². The molecule has 5 atom stereocenters. The van der Waals surface area contributed by atoms with Gasteiger partial charge in [-0.3, -0.25) is 29.0 Å². The first kappa shape index (κ1) is 44.4. The van der Waals surface area contributed by atoms with Crippen molar-refractivity contribution in [3.63, 3.8) is 0 Å². The summed E-state index contributed by atoms with van der Waals surface area (Å²) in [4.78, 5) is 91.0. The van der Waals surface area contributed by atoms with Crippen molar-refractivity contribution in [2.75, 3.05) is 12.3 Å². The molecule has 1 aromatic heterocycles. The van der Waals surface area contributed by atoms with Crippen molar-refractivity contribution in [2.45, 2.75) is 81.7 Å². The van der Waals surface area contributed by atoms with Gasteiger partial charge in [0.2, 0.25) is 29.5 Å².